The van der Waals surface area contributed by atoms with Gasteiger partial charge in [-0.3, -0.25) is 0 Å². The largest absolute Gasteiger partial charge is 0.380 e. The van der Waals surface area contributed by atoms with Gasteiger partial charge in [0.15, 0.2) is 0 Å². The second kappa shape index (κ2) is 7.92. The Bertz CT molecular complexity index is 488. The number of hydrogen-bond donors (Lipinski definition) is 0. The molecule has 1 nitrogen and oxygen atoms in total. The Labute approximate surface area is 138 Å². The van der Waals surface area contributed by atoms with Crippen LogP contribution in [0.5, 0.6) is 0 Å². The van der Waals surface area contributed by atoms with E-state index in [0.29, 0.717) is 0 Å². The molecular formula is C18H23BrOSi. The van der Waals surface area contributed by atoms with Crippen molar-refractivity contribution in [3.05, 3.63) is 60.7 Å². The summed E-state index contributed by atoms with van der Waals surface area (Å²) in [6, 6.07) is 21.9. The monoisotopic (exact) mass is 362 g/mol. The van der Waals surface area contributed by atoms with E-state index >= 15 is 0 Å². The standard InChI is InChI=1S/C18H23BrOSi/c1-18(2,15-20-14-13-19)21(16-9-5-3-6-10-16)17-11-7-4-8-12-17/h3-12,21H,13-15H2,1-2H3. The zero-order chi connectivity index (χ0) is 15.1. The maximum absolute atomic E-state index is 5.86. The Morgan fingerprint density at radius 1 is 0.905 bits per heavy atom. The van der Waals surface area contributed by atoms with E-state index in [1.54, 1.807) is 0 Å². The summed E-state index contributed by atoms with van der Waals surface area (Å²) in [7, 11) is -1.34. The van der Waals surface area contributed by atoms with Crippen molar-refractivity contribution in [2.45, 2.75) is 18.9 Å². The minimum absolute atomic E-state index is 0.172. The lowest BCUT2D eigenvalue weighted by atomic mass is 10.2. The number of benzene rings is 2. The lowest BCUT2D eigenvalue weighted by Gasteiger charge is -2.33. The van der Waals surface area contributed by atoms with Gasteiger partial charge in [0.1, 0.15) is 8.80 Å². The second-order valence-electron chi connectivity index (χ2n) is 5.98. The van der Waals surface area contributed by atoms with E-state index in [2.05, 4.69) is 90.4 Å². The Hall–Kier alpha value is -0.903. The maximum Gasteiger partial charge on any atom is 0.110 e. The Kier molecular flexibility index (Phi) is 6.21. The molecule has 0 saturated heterocycles. The molecule has 3 heteroatoms. The van der Waals surface area contributed by atoms with Crippen LogP contribution in [-0.2, 0) is 4.74 Å². The first-order chi connectivity index (χ1) is 10.1. The zero-order valence-electron chi connectivity index (χ0n) is 12.8. The quantitative estimate of drug-likeness (QED) is 0.417. The van der Waals surface area contributed by atoms with Gasteiger partial charge in [-0.1, -0.05) is 101 Å². The number of halogens is 1. The topological polar surface area (TPSA) is 9.23 Å². The maximum atomic E-state index is 5.86. The lowest BCUT2D eigenvalue weighted by Crippen LogP contribution is -2.51. The van der Waals surface area contributed by atoms with Crippen LogP contribution in [0.25, 0.3) is 0 Å². The van der Waals surface area contributed by atoms with Crippen molar-refractivity contribution in [3.8, 4) is 0 Å². The molecule has 112 valence electrons. The Morgan fingerprint density at radius 3 is 1.81 bits per heavy atom. The predicted octanol–water partition coefficient (Wildman–Crippen LogP) is 3.22. The van der Waals surface area contributed by atoms with Crippen molar-refractivity contribution >= 4 is 35.1 Å². The highest BCUT2D eigenvalue weighted by atomic mass is 79.9. The molecule has 0 aliphatic heterocycles. The molecule has 2 aromatic rings. The molecule has 0 atom stereocenters. The molecule has 0 amide bonds. The van der Waals surface area contributed by atoms with E-state index in [9.17, 15) is 0 Å². The van der Waals surface area contributed by atoms with E-state index in [0.717, 1.165) is 18.5 Å². The van der Waals surface area contributed by atoms with Crippen LogP contribution in [0.2, 0.25) is 5.04 Å². The molecule has 2 aromatic carbocycles. The highest BCUT2D eigenvalue weighted by molar-refractivity contribution is 9.09. The van der Waals surface area contributed by atoms with Crippen LogP contribution in [0.15, 0.2) is 60.7 Å². The van der Waals surface area contributed by atoms with Crippen molar-refractivity contribution in [2.75, 3.05) is 18.5 Å². The average molecular weight is 363 g/mol. The van der Waals surface area contributed by atoms with Gasteiger partial charge >= 0.3 is 0 Å². The third-order valence-electron chi connectivity index (χ3n) is 3.74. The molecular weight excluding hydrogens is 340 g/mol. The van der Waals surface area contributed by atoms with Crippen LogP contribution >= 0.6 is 15.9 Å². The fourth-order valence-electron chi connectivity index (χ4n) is 2.86. The van der Waals surface area contributed by atoms with Gasteiger partial charge in [0, 0.05) is 11.9 Å². The molecule has 0 radical (unpaired) electrons. The van der Waals surface area contributed by atoms with Gasteiger partial charge < -0.3 is 4.74 Å². The number of ether oxygens (including phenoxy) is 1. The molecule has 0 aliphatic rings. The van der Waals surface area contributed by atoms with Crippen LogP contribution in [-0.4, -0.2) is 27.3 Å². The first-order valence-corrected chi connectivity index (χ1v) is 10.2. The van der Waals surface area contributed by atoms with Crippen molar-refractivity contribution < 1.29 is 4.74 Å². The summed E-state index contributed by atoms with van der Waals surface area (Å²) >= 11 is 3.43. The van der Waals surface area contributed by atoms with Crippen LogP contribution < -0.4 is 10.4 Å². The molecule has 0 spiro atoms. The summed E-state index contributed by atoms with van der Waals surface area (Å²) in [4.78, 5) is 0. The lowest BCUT2D eigenvalue weighted by molar-refractivity contribution is 0.129. The van der Waals surface area contributed by atoms with E-state index in [4.69, 9.17) is 4.74 Å². The van der Waals surface area contributed by atoms with Gasteiger partial charge in [0.05, 0.1) is 6.61 Å². The summed E-state index contributed by atoms with van der Waals surface area (Å²) < 4.78 is 5.86. The highest BCUT2D eigenvalue weighted by Crippen LogP contribution is 2.28. The summed E-state index contributed by atoms with van der Waals surface area (Å²) in [6.45, 7) is 6.27. The molecule has 0 unspecified atom stereocenters. The van der Waals surface area contributed by atoms with Crippen LogP contribution in [0.1, 0.15) is 13.8 Å². The van der Waals surface area contributed by atoms with Gasteiger partial charge in [0.25, 0.3) is 0 Å². The first kappa shape index (κ1) is 16.5. The number of hydrogen-bond acceptors (Lipinski definition) is 1. The number of rotatable bonds is 7. The minimum atomic E-state index is -1.34. The summed E-state index contributed by atoms with van der Waals surface area (Å²) in [6.07, 6.45) is 0. The van der Waals surface area contributed by atoms with Crippen LogP contribution in [0.3, 0.4) is 0 Å². The SMILES string of the molecule is CC(C)(COCCBr)[SiH](c1ccccc1)c1ccccc1. The van der Waals surface area contributed by atoms with Gasteiger partial charge in [0.2, 0.25) is 0 Å². The van der Waals surface area contributed by atoms with Crippen LogP contribution in [0, 0.1) is 0 Å². The molecule has 0 aromatic heterocycles. The van der Waals surface area contributed by atoms with Crippen LogP contribution in [0.4, 0.5) is 0 Å². The molecule has 0 fully saturated rings. The summed E-state index contributed by atoms with van der Waals surface area (Å²) in [5.41, 5.74) is 0. The van der Waals surface area contributed by atoms with Gasteiger partial charge in [-0.05, 0) is 5.04 Å². The molecule has 0 saturated carbocycles. The fraction of sp³-hybridized carbons (Fsp3) is 0.333. The summed E-state index contributed by atoms with van der Waals surface area (Å²) in [5, 5.41) is 4.03. The minimum Gasteiger partial charge on any atom is -0.380 e. The van der Waals surface area contributed by atoms with E-state index in [-0.39, 0.29) is 5.04 Å². The third kappa shape index (κ3) is 4.53. The smallest absolute Gasteiger partial charge is 0.110 e. The fourth-order valence-corrected chi connectivity index (χ4v) is 6.78. The molecule has 0 N–H and O–H groups in total. The van der Waals surface area contributed by atoms with E-state index < -0.39 is 8.80 Å². The van der Waals surface area contributed by atoms with Crippen molar-refractivity contribution in [1.29, 1.82) is 0 Å². The van der Waals surface area contributed by atoms with E-state index in [1.807, 2.05) is 0 Å². The average Bonchev–Trinajstić information content (AvgIpc) is 2.49. The molecule has 2 rings (SSSR count). The van der Waals surface area contributed by atoms with Gasteiger partial charge in [-0.25, -0.2) is 0 Å². The molecule has 0 heterocycles. The van der Waals surface area contributed by atoms with Crippen molar-refractivity contribution in [1.82, 2.24) is 0 Å². The molecule has 0 bridgehead atoms. The second-order valence-corrected chi connectivity index (χ2v) is 10.5. The normalized spacial score (nSPS) is 11.8. The third-order valence-corrected chi connectivity index (χ3v) is 7.90. The Balaban J connectivity index is 2.32. The van der Waals surface area contributed by atoms with Crippen molar-refractivity contribution in [3.63, 3.8) is 0 Å². The van der Waals surface area contributed by atoms with Gasteiger partial charge in [-0.2, -0.15) is 0 Å². The summed E-state index contributed by atoms with van der Waals surface area (Å²) in [5.74, 6) is 0. The zero-order valence-corrected chi connectivity index (χ0v) is 15.5. The van der Waals surface area contributed by atoms with Crippen molar-refractivity contribution in [2.24, 2.45) is 0 Å². The number of alkyl halides is 1. The highest BCUT2D eigenvalue weighted by Gasteiger charge is 2.33. The molecule has 21 heavy (non-hydrogen) atoms. The predicted molar refractivity (Wildman–Crippen MR) is 98.0 cm³/mol. The van der Waals surface area contributed by atoms with Gasteiger partial charge in [-0.15, -0.1) is 0 Å². The molecule has 0 aliphatic carbocycles. The first-order valence-electron chi connectivity index (χ1n) is 7.39. The van der Waals surface area contributed by atoms with E-state index in [1.165, 1.54) is 10.4 Å². The Morgan fingerprint density at radius 2 is 1.38 bits per heavy atom.